The van der Waals surface area contributed by atoms with Crippen molar-refractivity contribution in [3.8, 4) is 0 Å². The molecule has 0 bridgehead atoms. The van der Waals surface area contributed by atoms with Gasteiger partial charge in [-0.05, 0) is 30.9 Å². The first-order valence-corrected chi connectivity index (χ1v) is 8.08. The quantitative estimate of drug-likeness (QED) is 0.929. The molecule has 0 amide bonds. The zero-order chi connectivity index (χ0) is 13.4. The molecule has 1 unspecified atom stereocenters. The summed E-state index contributed by atoms with van der Waals surface area (Å²) >= 11 is 1.89. The Hall–Kier alpha value is -1.04. The maximum atomic E-state index is 5.54. The number of nitrogens with one attached hydrogen (secondary N) is 1. The maximum absolute atomic E-state index is 5.54. The number of hydrogen-bond acceptors (Lipinski definition) is 5. The Labute approximate surface area is 122 Å². The fraction of sp³-hybridized carbons (Fsp3) is 0.533. The summed E-state index contributed by atoms with van der Waals surface area (Å²) in [5.74, 6) is 0.898. The van der Waals surface area contributed by atoms with E-state index in [4.69, 9.17) is 9.47 Å². The monoisotopic (exact) mass is 290 g/mol. The van der Waals surface area contributed by atoms with Gasteiger partial charge in [0.15, 0.2) is 11.5 Å². The summed E-state index contributed by atoms with van der Waals surface area (Å²) in [5.41, 5.74) is 2.12. The minimum atomic E-state index is -0.214. The van der Waals surface area contributed by atoms with E-state index < -0.39 is 0 Å². The van der Waals surface area contributed by atoms with Crippen molar-refractivity contribution in [3.05, 3.63) is 29.8 Å². The van der Waals surface area contributed by atoms with E-state index in [1.165, 1.54) is 12.8 Å². The molecular formula is C15H18N2O2S. The number of thioether (sulfide) groups is 1. The van der Waals surface area contributed by atoms with Gasteiger partial charge in [0.05, 0.1) is 19.8 Å². The molecule has 2 heterocycles. The highest BCUT2D eigenvalue weighted by Crippen LogP contribution is 2.42. The Morgan fingerprint density at radius 3 is 2.85 bits per heavy atom. The van der Waals surface area contributed by atoms with Gasteiger partial charge in [-0.2, -0.15) is 0 Å². The van der Waals surface area contributed by atoms with Gasteiger partial charge in [-0.1, -0.05) is 23.9 Å². The van der Waals surface area contributed by atoms with Crippen molar-refractivity contribution >= 4 is 22.6 Å². The van der Waals surface area contributed by atoms with Gasteiger partial charge >= 0.3 is 0 Å². The van der Waals surface area contributed by atoms with Crippen LogP contribution in [0.1, 0.15) is 24.7 Å². The zero-order valence-electron chi connectivity index (χ0n) is 11.2. The van der Waals surface area contributed by atoms with Crippen molar-refractivity contribution in [2.75, 3.05) is 25.1 Å². The summed E-state index contributed by atoms with van der Waals surface area (Å²) in [5, 5.41) is 5.16. The minimum Gasteiger partial charge on any atom is -0.346 e. The summed E-state index contributed by atoms with van der Waals surface area (Å²) in [6.45, 7) is 2.31. The summed E-state index contributed by atoms with van der Waals surface area (Å²) in [7, 11) is 0. The first kappa shape index (κ1) is 12.7. The van der Waals surface area contributed by atoms with E-state index in [0.717, 1.165) is 28.9 Å². The molecule has 2 aliphatic heterocycles. The Bertz CT molecular complexity index is 524. The maximum Gasteiger partial charge on any atom is 0.184 e. The van der Waals surface area contributed by atoms with Gasteiger partial charge in [0.1, 0.15) is 0 Å². The molecule has 106 valence electrons. The Balaban J connectivity index is 1.42. The van der Waals surface area contributed by atoms with E-state index in [0.29, 0.717) is 18.5 Å². The van der Waals surface area contributed by atoms with E-state index in [2.05, 4.69) is 22.4 Å². The van der Waals surface area contributed by atoms with Crippen molar-refractivity contribution in [3.63, 3.8) is 0 Å². The lowest BCUT2D eigenvalue weighted by Crippen LogP contribution is -2.09. The molecule has 1 aliphatic carbocycles. The van der Waals surface area contributed by atoms with Crippen LogP contribution in [0.5, 0.6) is 0 Å². The number of anilines is 1. The van der Waals surface area contributed by atoms with Gasteiger partial charge in [-0.25, -0.2) is 0 Å². The fourth-order valence-corrected chi connectivity index (χ4v) is 3.84. The summed E-state index contributed by atoms with van der Waals surface area (Å²) < 4.78 is 11.1. The molecule has 1 aromatic carbocycles. The number of aliphatic imine (C=N–C) groups is 1. The van der Waals surface area contributed by atoms with Crippen LogP contribution in [-0.2, 0) is 9.47 Å². The summed E-state index contributed by atoms with van der Waals surface area (Å²) in [6.07, 6.45) is 2.55. The predicted molar refractivity (Wildman–Crippen MR) is 81.1 cm³/mol. The molecule has 2 fully saturated rings. The van der Waals surface area contributed by atoms with Crippen molar-refractivity contribution in [1.29, 1.82) is 0 Å². The van der Waals surface area contributed by atoms with E-state index in [9.17, 15) is 0 Å². The van der Waals surface area contributed by atoms with E-state index in [1.807, 2.05) is 23.9 Å². The molecule has 20 heavy (non-hydrogen) atoms. The highest BCUT2D eigenvalue weighted by molar-refractivity contribution is 8.15. The van der Waals surface area contributed by atoms with Crippen LogP contribution >= 0.6 is 11.8 Å². The van der Waals surface area contributed by atoms with Crippen LogP contribution in [0.15, 0.2) is 29.3 Å². The second-order valence-corrected chi connectivity index (χ2v) is 6.69. The lowest BCUT2D eigenvalue weighted by atomic mass is 10.2. The Kier molecular flexibility index (Phi) is 3.42. The fourth-order valence-electron chi connectivity index (χ4n) is 2.61. The first-order chi connectivity index (χ1) is 9.88. The SMILES string of the molecule is c1cc(NC2=NCC(C3CC3)S2)cc(C2OCCO2)c1. The van der Waals surface area contributed by atoms with Crippen LogP contribution in [0.3, 0.4) is 0 Å². The van der Waals surface area contributed by atoms with Crippen LogP contribution < -0.4 is 5.32 Å². The minimum absolute atomic E-state index is 0.214. The third kappa shape index (κ3) is 2.71. The standard InChI is InChI=1S/C15H18N2O2S/c1-2-11(14-18-6-7-19-14)8-12(3-1)17-15-16-9-13(20-15)10-4-5-10/h1-3,8,10,13-14H,4-7,9H2,(H,16,17). The number of rotatable bonds is 3. The van der Waals surface area contributed by atoms with Crippen LogP contribution in [0.4, 0.5) is 5.69 Å². The van der Waals surface area contributed by atoms with Crippen LogP contribution in [0.25, 0.3) is 0 Å². The van der Waals surface area contributed by atoms with Gasteiger partial charge in [-0.15, -0.1) is 0 Å². The molecule has 4 nitrogen and oxygen atoms in total. The first-order valence-electron chi connectivity index (χ1n) is 7.20. The number of amidine groups is 1. The van der Waals surface area contributed by atoms with E-state index in [1.54, 1.807) is 0 Å². The molecule has 5 heteroatoms. The van der Waals surface area contributed by atoms with Gasteiger partial charge in [0.25, 0.3) is 0 Å². The normalized spacial score (nSPS) is 26.8. The molecule has 0 spiro atoms. The molecule has 0 radical (unpaired) electrons. The smallest absolute Gasteiger partial charge is 0.184 e. The summed E-state index contributed by atoms with van der Waals surface area (Å²) in [4.78, 5) is 4.61. The van der Waals surface area contributed by atoms with Crippen LogP contribution in [0, 0.1) is 5.92 Å². The van der Waals surface area contributed by atoms with Gasteiger partial charge in [0, 0.05) is 16.5 Å². The van der Waals surface area contributed by atoms with Crippen molar-refractivity contribution in [2.24, 2.45) is 10.9 Å². The lowest BCUT2D eigenvalue weighted by Gasteiger charge is -2.12. The van der Waals surface area contributed by atoms with Crippen LogP contribution in [-0.4, -0.2) is 30.2 Å². The van der Waals surface area contributed by atoms with Crippen molar-refractivity contribution in [1.82, 2.24) is 0 Å². The second-order valence-electron chi connectivity index (χ2n) is 5.46. The average Bonchev–Trinajstić information content (AvgIpc) is 3.00. The van der Waals surface area contributed by atoms with Gasteiger partial charge in [0.2, 0.25) is 0 Å². The van der Waals surface area contributed by atoms with Gasteiger partial charge < -0.3 is 14.8 Å². The molecule has 3 aliphatic rings. The molecule has 1 saturated carbocycles. The highest BCUT2D eigenvalue weighted by atomic mass is 32.2. The van der Waals surface area contributed by atoms with Crippen LogP contribution in [0.2, 0.25) is 0 Å². The second kappa shape index (κ2) is 5.39. The number of nitrogens with zero attached hydrogens (tertiary/aromatic N) is 1. The number of hydrogen-bond donors (Lipinski definition) is 1. The Morgan fingerprint density at radius 2 is 2.05 bits per heavy atom. The third-order valence-electron chi connectivity index (χ3n) is 3.86. The van der Waals surface area contributed by atoms with E-state index in [-0.39, 0.29) is 6.29 Å². The number of ether oxygens (including phenoxy) is 2. The molecule has 0 aromatic heterocycles. The summed E-state index contributed by atoms with van der Waals surface area (Å²) in [6, 6.07) is 8.22. The van der Waals surface area contributed by atoms with E-state index >= 15 is 0 Å². The average molecular weight is 290 g/mol. The number of benzene rings is 1. The van der Waals surface area contributed by atoms with Crippen molar-refractivity contribution < 1.29 is 9.47 Å². The molecule has 1 atom stereocenters. The van der Waals surface area contributed by atoms with Gasteiger partial charge in [-0.3, -0.25) is 4.99 Å². The largest absolute Gasteiger partial charge is 0.346 e. The zero-order valence-corrected chi connectivity index (χ0v) is 12.1. The molecular weight excluding hydrogens is 272 g/mol. The third-order valence-corrected chi connectivity index (χ3v) is 5.15. The molecule has 1 aromatic rings. The predicted octanol–water partition coefficient (Wildman–Crippen LogP) is 3.03. The lowest BCUT2D eigenvalue weighted by molar-refractivity contribution is -0.0440. The highest BCUT2D eigenvalue weighted by Gasteiger charge is 2.35. The molecule has 4 rings (SSSR count). The van der Waals surface area contributed by atoms with Crippen molar-refractivity contribution in [2.45, 2.75) is 24.4 Å². The molecule has 1 N–H and O–H groups in total. The Morgan fingerprint density at radius 1 is 1.20 bits per heavy atom. The molecule has 1 saturated heterocycles. The topological polar surface area (TPSA) is 42.9 Å².